The third kappa shape index (κ3) is 3.14. The van der Waals surface area contributed by atoms with Crippen molar-refractivity contribution in [3.8, 4) is 0 Å². The highest BCUT2D eigenvalue weighted by Gasteiger charge is 2.10. The van der Waals surface area contributed by atoms with E-state index in [0.29, 0.717) is 0 Å². The second-order valence-electron chi connectivity index (χ2n) is 4.19. The molecular formula is C13H15N3O2S. The van der Waals surface area contributed by atoms with Crippen LogP contribution in [0.4, 0.5) is 11.4 Å². The Balaban J connectivity index is 2.46. The second kappa shape index (κ2) is 5.88. The van der Waals surface area contributed by atoms with E-state index < -0.39 is 0 Å². The van der Waals surface area contributed by atoms with Gasteiger partial charge in [-0.3, -0.25) is 15.1 Å². The van der Waals surface area contributed by atoms with Crippen LogP contribution in [0.25, 0.3) is 10.9 Å². The molecular weight excluding hydrogens is 262 g/mol. The molecule has 19 heavy (non-hydrogen) atoms. The van der Waals surface area contributed by atoms with Crippen LogP contribution in [0.15, 0.2) is 24.3 Å². The molecule has 0 saturated carbocycles. The van der Waals surface area contributed by atoms with E-state index in [9.17, 15) is 10.1 Å². The molecule has 0 amide bonds. The molecule has 0 aliphatic heterocycles. The number of aryl methyl sites for hydroxylation is 1. The van der Waals surface area contributed by atoms with Gasteiger partial charge in [0.05, 0.1) is 10.4 Å². The van der Waals surface area contributed by atoms with Gasteiger partial charge in [-0.1, -0.05) is 0 Å². The Morgan fingerprint density at radius 3 is 2.89 bits per heavy atom. The summed E-state index contributed by atoms with van der Waals surface area (Å²) in [4.78, 5) is 14.9. The number of nitro groups is 1. The predicted molar refractivity (Wildman–Crippen MR) is 80.0 cm³/mol. The lowest BCUT2D eigenvalue weighted by molar-refractivity contribution is -0.384. The molecule has 0 saturated heterocycles. The van der Waals surface area contributed by atoms with Crippen LogP contribution in [0.1, 0.15) is 5.69 Å². The first kappa shape index (κ1) is 13.6. The van der Waals surface area contributed by atoms with E-state index in [1.807, 2.05) is 19.2 Å². The van der Waals surface area contributed by atoms with Crippen molar-refractivity contribution in [2.75, 3.05) is 23.9 Å². The molecule has 2 rings (SSSR count). The number of nitrogens with one attached hydrogen (secondary N) is 1. The normalized spacial score (nSPS) is 10.6. The molecule has 1 aromatic heterocycles. The van der Waals surface area contributed by atoms with E-state index in [2.05, 4.69) is 10.3 Å². The Kier molecular flexibility index (Phi) is 4.21. The Bertz CT molecular complexity index is 616. The molecule has 1 heterocycles. The Morgan fingerprint density at radius 1 is 1.42 bits per heavy atom. The zero-order valence-electron chi connectivity index (χ0n) is 10.8. The summed E-state index contributed by atoms with van der Waals surface area (Å²) in [5.41, 5.74) is 2.66. The highest BCUT2D eigenvalue weighted by atomic mass is 32.2. The summed E-state index contributed by atoms with van der Waals surface area (Å²) in [7, 11) is 0. The van der Waals surface area contributed by atoms with Crippen LogP contribution in [-0.4, -0.2) is 28.5 Å². The fourth-order valence-corrected chi connectivity index (χ4v) is 2.20. The number of benzene rings is 1. The number of nitro benzene ring substituents is 1. The topological polar surface area (TPSA) is 68.1 Å². The summed E-state index contributed by atoms with van der Waals surface area (Å²) in [5, 5.41) is 14.9. The number of anilines is 1. The second-order valence-corrected chi connectivity index (χ2v) is 5.17. The standard InChI is InChI=1S/C13H15N3O2S/c1-9-7-13(14-5-6-19-2)11-8-10(16(17)18)3-4-12(11)15-9/h3-4,7-8H,5-6H2,1-2H3,(H,14,15). The lowest BCUT2D eigenvalue weighted by Crippen LogP contribution is -2.05. The van der Waals surface area contributed by atoms with Crippen molar-refractivity contribution in [1.82, 2.24) is 4.98 Å². The number of non-ortho nitro benzene ring substituents is 1. The molecule has 0 spiro atoms. The maximum Gasteiger partial charge on any atom is 0.270 e. The average molecular weight is 277 g/mol. The summed E-state index contributed by atoms with van der Waals surface area (Å²) in [6, 6.07) is 6.68. The molecule has 0 aliphatic rings. The van der Waals surface area contributed by atoms with Crippen molar-refractivity contribution in [3.63, 3.8) is 0 Å². The highest BCUT2D eigenvalue weighted by molar-refractivity contribution is 7.98. The minimum absolute atomic E-state index is 0.0890. The lowest BCUT2D eigenvalue weighted by atomic mass is 10.1. The largest absolute Gasteiger partial charge is 0.384 e. The monoisotopic (exact) mass is 277 g/mol. The predicted octanol–water partition coefficient (Wildman–Crippen LogP) is 3.23. The number of aromatic nitrogens is 1. The van der Waals surface area contributed by atoms with Gasteiger partial charge in [0, 0.05) is 41.2 Å². The SMILES string of the molecule is CSCCNc1cc(C)nc2ccc([N+](=O)[O-])cc12. The van der Waals surface area contributed by atoms with Crippen molar-refractivity contribution in [3.05, 3.63) is 40.1 Å². The quantitative estimate of drug-likeness (QED) is 0.516. The van der Waals surface area contributed by atoms with Crippen molar-refractivity contribution >= 4 is 34.0 Å². The third-order valence-electron chi connectivity index (χ3n) is 2.75. The average Bonchev–Trinajstić information content (AvgIpc) is 2.38. The van der Waals surface area contributed by atoms with E-state index >= 15 is 0 Å². The van der Waals surface area contributed by atoms with Crippen LogP contribution in [0.3, 0.4) is 0 Å². The molecule has 2 aromatic rings. The van der Waals surface area contributed by atoms with Gasteiger partial charge in [0.2, 0.25) is 0 Å². The number of pyridine rings is 1. The number of nitrogens with zero attached hydrogens (tertiary/aromatic N) is 2. The molecule has 0 aliphatic carbocycles. The van der Waals surface area contributed by atoms with Crippen LogP contribution in [0, 0.1) is 17.0 Å². The summed E-state index contributed by atoms with van der Waals surface area (Å²) < 4.78 is 0. The number of hydrogen-bond donors (Lipinski definition) is 1. The fraction of sp³-hybridized carbons (Fsp3) is 0.308. The van der Waals surface area contributed by atoms with Gasteiger partial charge in [-0.05, 0) is 25.3 Å². The van der Waals surface area contributed by atoms with Crippen LogP contribution < -0.4 is 5.32 Å². The molecule has 1 aromatic carbocycles. The van der Waals surface area contributed by atoms with Crippen LogP contribution in [0.5, 0.6) is 0 Å². The van der Waals surface area contributed by atoms with Crippen molar-refractivity contribution < 1.29 is 4.92 Å². The molecule has 6 heteroatoms. The van der Waals surface area contributed by atoms with Gasteiger partial charge in [-0.2, -0.15) is 11.8 Å². The highest BCUT2D eigenvalue weighted by Crippen LogP contribution is 2.27. The summed E-state index contributed by atoms with van der Waals surface area (Å²) in [5.74, 6) is 0.984. The van der Waals surface area contributed by atoms with Gasteiger partial charge in [-0.15, -0.1) is 0 Å². The molecule has 0 unspecified atom stereocenters. The lowest BCUT2D eigenvalue weighted by Gasteiger charge is -2.10. The van der Waals surface area contributed by atoms with E-state index in [0.717, 1.165) is 34.6 Å². The van der Waals surface area contributed by atoms with Crippen molar-refractivity contribution in [2.45, 2.75) is 6.92 Å². The smallest absolute Gasteiger partial charge is 0.270 e. The van der Waals surface area contributed by atoms with E-state index in [1.165, 1.54) is 6.07 Å². The molecule has 0 radical (unpaired) electrons. The molecule has 0 fully saturated rings. The minimum atomic E-state index is -0.384. The van der Waals surface area contributed by atoms with Gasteiger partial charge in [0.25, 0.3) is 5.69 Å². The summed E-state index contributed by atoms with van der Waals surface area (Å²) >= 11 is 1.75. The van der Waals surface area contributed by atoms with E-state index in [1.54, 1.807) is 23.9 Å². The van der Waals surface area contributed by atoms with Crippen LogP contribution in [-0.2, 0) is 0 Å². The number of thioether (sulfide) groups is 1. The number of fused-ring (bicyclic) bond motifs is 1. The van der Waals surface area contributed by atoms with E-state index in [-0.39, 0.29) is 10.6 Å². The first-order valence-corrected chi connectivity index (χ1v) is 7.30. The van der Waals surface area contributed by atoms with Gasteiger partial charge >= 0.3 is 0 Å². The van der Waals surface area contributed by atoms with Gasteiger partial charge in [0.1, 0.15) is 0 Å². The van der Waals surface area contributed by atoms with Crippen LogP contribution >= 0.6 is 11.8 Å². The third-order valence-corrected chi connectivity index (χ3v) is 3.37. The van der Waals surface area contributed by atoms with Crippen LogP contribution in [0.2, 0.25) is 0 Å². The van der Waals surface area contributed by atoms with Crippen molar-refractivity contribution in [2.24, 2.45) is 0 Å². The number of rotatable bonds is 5. The summed E-state index contributed by atoms with van der Waals surface area (Å²) in [6.45, 7) is 2.74. The Labute approximate surface area is 115 Å². The first-order chi connectivity index (χ1) is 9.11. The van der Waals surface area contributed by atoms with Crippen molar-refractivity contribution in [1.29, 1.82) is 0 Å². The van der Waals surface area contributed by atoms with Gasteiger partial charge in [0.15, 0.2) is 0 Å². The maximum absolute atomic E-state index is 10.8. The zero-order valence-corrected chi connectivity index (χ0v) is 11.7. The first-order valence-electron chi connectivity index (χ1n) is 5.90. The van der Waals surface area contributed by atoms with E-state index in [4.69, 9.17) is 0 Å². The molecule has 0 atom stereocenters. The Morgan fingerprint density at radius 2 is 2.21 bits per heavy atom. The van der Waals surface area contributed by atoms with Gasteiger partial charge in [-0.25, -0.2) is 0 Å². The zero-order chi connectivity index (χ0) is 13.8. The summed E-state index contributed by atoms with van der Waals surface area (Å²) in [6.07, 6.45) is 2.04. The molecule has 100 valence electrons. The fourth-order valence-electron chi connectivity index (χ4n) is 1.89. The molecule has 1 N–H and O–H groups in total. The number of hydrogen-bond acceptors (Lipinski definition) is 5. The maximum atomic E-state index is 10.8. The molecule has 5 nitrogen and oxygen atoms in total. The molecule has 0 bridgehead atoms. The minimum Gasteiger partial charge on any atom is -0.384 e. The Hall–Kier alpha value is -1.82. The van der Waals surface area contributed by atoms with Gasteiger partial charge < -0.3 is 5.32 Å².